The van der Waals surface area contributed by atoms with Crippen molar-refractivity contribution in [3.05, 3.63) is 0 Å². The molecular formula is C83H162N4O19P2. The van der Waals surface area contributed by atoms with E-state index in [2.05, 4.69) is 62.8 Å². The molecule has 0 aromatic heterocycles. The number of aliphatic hydroxyl groups is 1. The predicted molar refractivity (Wildman–Crippen MR) is 433 cm³/mol. The molecule has 7 N–H and O–H groups in total. The Bertz CT molecular complexity index is 2230. The number of carbonyl (C=O) groups excluding carboxylic acids is 6. The number of rotatable bonds is 83. The van der Waals surface area contributed by atoms with Crippen LogP contribution in [0.2, 0.25) is 0 Å². The molecule has 0 rings (SSSR count). The molecule has 0 saturated carbocycles. The van der Waals surface area contributed by atoms with Crippen molar-refractivity contribution in [2.45, 2.75) is 445 Å². The maximum Gasteiger partial charge on any atom is 0.472 e. The molecule has 108 heavy (non-hydrogen) atoms. The fourth-order valence-corrected chi connectivity index (χ4v) is 14.4. The van der Waals surface area contributed by atoms with Crippen molar-refractivity contribution >= 4 is 51.4 Å². The molecule has 0 aromatic rings. The largest absolute Gasteiger partial charge is 0.472 e. The van der Waals surface area contributed by atoms with Crippen LogP contribution in [0.25, 0.3) is 0 Å². The van der Waals surface area contributed by atoms with E-state index in [1.807, 2.05) is 0 Å². The van der Waals surface area contributed by atoms with Crippen LogP contribution < -0.4 is 21.3 Å². The topological polar surface area (TPSA) is 319 Å². The molecule has 0 spiro atoms. The number of unbranched alkanes of at least 4 members (excludes halogenated alkanes) is 44. The highest BCUT2D eigenvalue weighted by Crippen LogP contribution is 2.44. The lowest BCUT2D eigenvalue weighted by atomic mass is 10.1. The molecule has 0 aliphatic carbocycles. The first-order valence-corrected chi connectivity index (χ1v) is 47.0. The summed E-state index contributed by atoms with van der Waals surface area (Å²) in [7, 11) is -9.63. The normalized spacial score (nSPS) is 14.1. The number of hydrogen-bond donors (Lipinski definition) is 7. The number of ether oxygens (including phenoxy) is 4. The predicted octanol–water partition coefficient (Wildman–Crippen LogP) is 21.0. The van der Waals surface area contributed by atoms with Crippen molar-refractivity contribution < 1.29 is 89.8 Å². The van der Waals surface area contributed by atoms with Crippen molar-refractivity contribution in [2.24, 2.45) is 0 Å². The molecule has 7 unspecified atom stereocenters. The first-order valence-electron chi connectivity index (χ1n) is 44.0. The van der Waals surface area contributed by atoms with Crippen LogP contribution in [0.5, 0.6) is 0 Å². The average molecular weight is 1580 g/mol. The van der Waals surface area contributed by atoms with E-state index < -0.39 is 97.2 Å². The lowest BCUT2D eigenvalue weighted by Crippen LogP contribution is -2.42. The maximum atomic E-state index is 13.5. The van der Waals surface area contributed by atoms with Crippen LogP contribution in [0.1, 0.15) is 414 Å². The number of phosphoric ester groups is 2. The van der Waals surface area contributed by atoms with Gasteiger partial charge in [0.15, 0.2) is 6.29 Å². The van der Waals surface area contributed by atoms with Crippen LogP contribution in [0.4, 0.5) is 4.79 Å². The molecule has 4 amide bonds. The Labute approximate surface area is 656 Å². The zero-order valence-corrected chi connectivity index (χ0v) is 71.1. The van der Waals surface area contributed by atoms with Crippen LogP contribution in [-0.4, -0.2) is 134 Å². The Morgan fingerprint density at radius 2 is 0.602 bits per heavy atom. The van der Waals surface area contributed by atoms with Gasteiger partial charge in [0.2, 0.25) is 11.8 Å². The van der Waals surface area contributed by atoms with Crippen molar-refractivity contribution in [1.82, 2.24) is 21.3 Å². The van der Waals surface area contributed by atoms with Gasteiger partial charge >= 0.3 is 39.6 Å². The fourth-order valence-electron chi connectivity index (χ4n) is 12.9. The summed E-state index contributed by atoms with van der Waals surface area (Å²) in [5, 5.41) is 21.4. The maximum absolute atomic E-state index is 13.5. The molecule has 0 aliphatic heterocycles. The Balaban J connectivity index is 5.69. The molecule has 0 aromatic carbocycles. The van der Waals surface area contributed by atoms with Gasteiger partial charge in [-0.15, -0.1) is 0 Å². The molecule has 0 bridgehead atoms. The number of aliphatic hydroxyl groups excluding tert-OH is 1. The van der Waals surface area contributed by atoms with E-state index >= 15 is 0 Å². The molecule has 638 valence electrons. The van der Waals surface area contributed by atoms with E-state index in [9.17, 15) is 52.8 Å². The Morgan fingerprint density at radius 3 is 0.935 bits per heavy atom. The van der Waals surface area contributed by atoms with Crippen molar-refractivity contribution in [3.8, 4) is 0 Å². The highest BCUT2D eigenvalue weighted by atomic mass is 31.2. The number of nitrogens with one attached hydrogen (secondary N) is 4. The zero-order chi connectivity index (χ0) is 79.5. The Morgan fingerprint density at radius 1 is 0.324 bits per heavy atom. The molecule has 23 nitrogen and oxygen atoms in total. The second kappa shape index (κ2) is 76.4. The molecule has 0 heterocycles. The zero-order valence-electron chi connectivity index (χ0n) is 69.3. The molecule has 25 heteroatoms. The summed E-state index contributed by atoms with van der Waals surface area (Å²) in [6.07, 6.45) is 54.0. The molecule has 0 saturated heterocycles. The van der Waals surface area contributed by atoms with Gasteiger partial charge in [0.25, 0.3) is 0 Å². The van der Waals surface area contributed by atoms with Gasteiger partial charge < -0.3 is 55.1 Å². The van der Waals surface area contributed by atoms with E-state index in [0.717, 1.165) is 154 Å². The van der Waals surface area contributed by atoms with E-state index in [1.54, 1.807) is 0 Å². The summed E-state index contributed by atoms with van der Waals surface area (Å²) >= 11 is 0. The van der Waals surface area contributed by atoms with E-state index in [4.69, 9.17) is 37.0 Å². The molecular weight excluding hydrogens is 1420 g/mol. The molecule has 0 radical (unpaired) electrons. The molecule has 0 fully saturated rings. The minimum Gasteiger partial charge on any atom is -0.463 e. The van der Waals surface area contributed by atoms with Crippen molar-refractivity contribution in [3.63, 3.8) is 0 Å². The van der Waals surface area contributed by atoms with Crippen LogP contribution in [-0.2, 0) is 70.1 Å². The van der Waals surface area contributed by atoms with Gasteiger partial charge in [0.05, 0.1) is 57.5 Å². The summed E-state index contributed by atoms with van der Waals surface area (Å²) in [5.41, 5.74) is 0. The standard InChI is InChI=1S/C83H162N4O19P2/c1-7-13-19-25-29-33-35-39-41-47-53-59-77(88)86-73(69-99-81(92)67-75(57-51-45-23-17-11-5)105-79(90)61-55-49-43-37-31-27-21-15-9-3)71-103-107(95,96)101-65-63-84-83(94)85-64-66-102-108(97,98)104-72-74(87-78(89)60-54-48-42-40-36-34-30-26-20-14-8-2)70-100-82(93)68-76(58-52-46-24-18-12-6)106-80(91)62-56-50-44-38-32-28-22-16-10-4/h73-76,79,90H,7-72H2,1-6H3,(H,86,88)(H,87,89)(H,95,96)(H,97,98)(H2,84,85,94). The summed E-state index contributed by atoms with van der Waals surface area (Å²) < 4.78 is 70.5. The SMILES string of the molecule is CCCCCCCCCCCCCC(=O)NC(COC(=O)CC(CCCCCCC)OC(=O)CCCCCCCCCCC)COP(=O)(O)OCCNC(=O)NCCOP(=O)(O)OCC(COC(=O)CC(CCCCCCC)OC(O)CCCCCCCCCCC)NC(=O)CCCCCCCCCCCCC. The third kappa shape index (κ3) is 73.0. The third-order valence-electron chi connectivity index (χ3n) is 19.5. The smallest absolute Gasteiger partial charge is 0.463 e. The van der Waals surface area contributed by atoms with Crippen LogP contribution in [0.15, 0.2) is 0 Å². The van der Waals surface area contributed by atoms with Crippen LogP contribution >= 0.6 is 15.6 Å². The van der Waals surface area contributed by atoms with E-state index in [-0.39, 0.29) is 69.6 Å². The number of phosphoric acid groups is 2. The molecule has 0 aliphatic rings. The van der Waals surface area contributed by atoms with Gasteiger partial charge in [-0.2, -0.15) is 0 Å². The third-order valence-corrected chi connectivity index (χ3v) is 21.5. The van der Waals surface area contributed by atoms with Gasteiger partial charge in [-0.1, -0.05) is 330 Å². The number of carbonyl (C=O) groups is 6. The highest BCUT2D eigenvalue weighted by Gasteiger charge is 2.29. The van der Waals surface area contributed by atoms with Gasteiger partial charge in [-0.3, -0.25) is 42.1 Å². The van der Waals surface area contributed by atoms with Crippen LogP contribution in [0.3, 0.4) is 0 Å². The fraction of sp³-hybridized carbons (Fsp3) is 0.928. The number of urea groups is 1. The van der Waals surface area contributed by atoms with Gasteiger partial charge in [-0.25, -0.2) is 13.9 Å². The average Bonchev–Trinajstić information content (AvgIpc) is 0.913. The summed E-state index contributed by atoms with van der Waals surface area (Å²) in [6.45, 7) is 9.62. The second-order valence-electron chi connectivity index (χ2n) is 30.2. The van der Waals surface area contributed by atoms with Gasteiger partial charge in [-0.05, 0) is 51.4 Å². The Hall–Kier alpha value is -3.24. The minimum atomic E-state index is -4.82. The monoisotopic (exact) mass is 1580 g/mol. The lowest BCUT2D eigenvalue weighted by molar-refractivity contribution is -0.163. The number of amides is 4. The first-order chi connectivity index (χ1) is 52.3. The summed E-state index contributed by atoms with van der Waals surface area (Å²) in [5.74, 6) is -2.33. The number of hydrogen-bond acceptors (Lipinski definition) is 17. The summed E-state index contributed by atoms with van der Waals surface area (Å²) in [4.78, 5) is 101. The van der Waals surface area contributed by atoms with Crippen molar-refractivity contribution in [1.29, 1.82) is 0 Å². The van der Waals surface area contributed by atoms with Gasteiger partial charge in [0.1, 0.15) is 19.3 Å². The van der Waals surface area contributed by atoms with Gasteiger partial charge in [0, 0.05) is 32.4 Å². The molecule has 7 atom stereocenters. The number of esters is 3. The van der Waals surface area contributed by atoms with Crippen LogP contribution in [0, 0.1) is 0 Å². The second-order valence-corrected chi connectivity index (χ2v) is 33.1. The quantitative estimate of drug-likeness (QED) is 0.00978. The highest BCUT2D eigenvalue weighted by molar-refractivity contribution is 7.47. The lowest BCUT2D eigenvalue weighted by Gasteiger charge is -2.23. The summed E-state index contributed by atoms with van der Waals surface area (Å²) in [6, 6.07) is -2.86. The minimum absolute atomic E-state index is 0.137. The Kier molecular flexibility index (Phi) is 74.1. The van der Waals surface area contributed by atoms with E-state index in [0.29, 0.717) is 38.5 Å². The van der Waals surface area contributed by atoms with Crippen molar-refractivity contribution in [2.75, 3.05) is 52.7 Å². The van der Waals surface area contributed by atoms with E-state index in [1.165, 1.54) is 148 Å². The first kappa shape index (κ1) is 105.